The lowest BCUT2D eigenvalue weighted by atomic mass is 9.98. The third-order valence-corrected chi connectivity index (χ3v) is 9.18. The molecule has 4 rings (SSSR count). The second-order valence-corrected chi connectivity index (χ2v) is 11.9. The van der Waals surface area contributed by atoms with Gasteiger partial charge in [0, 0.05) is 28.5 Å². The van der Waals surface area contributed by atoms with Crippen LogP contribution in [0.2, 0.25) is 0 Å². The van der Waals surface area contributed by atoms with Crippen LogP contribution in [0.3, 0.4) is 0 Å². The number of allylic oxidation sites excluding steroid dienone is 1. The molecule has 2 aromatic carbocycles. The molecule has 0 spiro atoms. The Kier molecular flexibility index (Phi) is 9.05. The summed E-state index contributed by atoms with van der Waals surface area (Å²) in [6, 6.07) is 15.9. The number of hydrogen-bond acceptors (Lipinski definition) is 10. The molecule has 5 atom stereocenters. The molecule has 2 heterocycles. The summed E-state index contributed by atoms with van der Waals surface area (Å²) >= 11 is 1.30. The van der Waals surface area contributed by atoms with Crippen molar-refractivity contribution in [3.8, 4) is 16.5 Å². The van der Waals surface area contributed by atoms with Crippen molar-refractivity contribution in [1.82, 2.24) is 4.72 Å². The standard InChI is InChI=1S/C27H31N3O7S2/c1-3-30(4-2)19-8-7-16-11-18(6-5-17(16)12-19)23-10-9-20(38-23)13-21(14-28)39(35,36)29-24-26(33)25(32)22(15-31)37-27(24)34/h5-13,22,24-27,29,31-34H,3-4,15H2,1-2H3/b21-13+/t22-,24-,25-,26-,27?/m1/s1. The molecule has 1 saturated heterocycles. The van der Waals surface area contributed by atoms with Crippen molar-refractivity contribution in [1.29, 1.82) is 5.26 Å². The first kappa shape index (κ1) is 29.1. The molecule has 39 heavy (non-hydrogen) atoms. The molecule has 1 fully saturated rings. The summed E-state index contributed by atoms with van der Waals surface area (Å²) in [5.74, 6) is 0. The Morgan fingerprint density at radius 1 is 1.08 bits per heavy atom. The first-order valence-corrected chi connectivity index (χ1v) is 14.7. The normalized spacial score (nSPS) is 24.0. The highest BCUT2D eigenvalue weighted by Crippen LogP contribution is 2.33. The number of aliphatic hydroxyl groups excluding tert-OH is 4. The van der Waals surface area contributed by atoms with Gasteiger partial charge >= 0.3 is 0 Å². The third-order valence-electron chi connectivity index (χ3n) is 6.73. The molecule has 1 unspecified atom stereocenters. The molecule has 0 saturated carbocycles. The highest BCUT2D eigenvalue weighted by atomic mass is 32.2. The smallest absolute Gasteiger partial charge is 0.251 e. The Morgan fingerprint density at radius 3 is 2.44 bits per heavy atom. The van der Waals surface area contributed by atoms with E-state index >= 15 is 0 Å². The summed E-state index contributed by atoms with van der Waals surface area (Å²) in [6.45, 7) is 5.39. The van der Waals surface area contributed by atoms with Crippen molar-refractivity contribution in [2.45, 2.75) is 44.5 Å². The fourth-order valence-electron chi connectivity index (χ4n) is 4.52. The average molecular weight is 574 g/mol. The van der Waals surface area contributed by atoms with Gasteiger partial charge in [-0.2, -0.15) is 9.98 Å². The predicted octanol–water partition coefficient (Wildman–Crippen LogP) is 2.00. The summed E-state index contributed by atoms with van der Waals surface area (Å²) in [5, 5.41) is 51.3. The van der Waals surface area contributed by atoms with Gasteiger partial charge in [-0.25, -0.2) is 8.42 Å². The number of rotatable bonds is 9. The zero-order chi connectivity index (χ0) is 28.3. The van der Waals surface area contributed by atoms with Crippen LogP contribution < -0.4 is 9.62 Å². The Bertz CT molecular complexity index is 1490. The van der Waals surface area contributed by atoms with Crippen LogP contribution in [-0.4, -0.2) is 79.2 Å². The van der Waals surface area contributed by atoms with Gasteiger partial charge in [0.15, 0.2) is 11.2 Å². The summed E-state index contributed by atoms with van der Waals surface area (Å²) in [7, 11) is -4.50. The molecule has 1 aliphatic heterocycles. The first-order valence-electron chi connectivity index (χ1n) is 12.5. The maximum atomic E-state index is 12.9. The molecular weight excluding hydrogens is 542 g/mol. The summed E-state index contributed by atoms with van der Waals surface area (Å²) in [6.07, 6.45) is -5.36. The van der Waals surface area contributed by atoms with Gasteiger partial charge in [0.2, 0.25) is 0 Å². The van der Waals surface area contributed by atoms with E-state index in [4.69, 9.17) is 4.74 Å². The first-order chi connectivity index (χ1) is 18.6. The second-order valence-electron chi connectivity index (χ2n) is 9.12. The van der Waals surface area contributed by atoms with Gasteiger partial charge in [-0.05, 0) is 66.6 Å². The molecule has 1 aromatic heterocycles. The molecule has 0 amide bonds. The molecule has 0 aliphatic carbocycles. The topological polar surface area (TPSA) is 163 Å². The van der Waals surface area contributed by atoms with Gasteiger partial charge in [-0.15, -0.1) is 11.3 Å². The van der Waals surface area contributed by atoms with Gasteiger partial charge in [0.25, 0.3) is 10.0 Å². The number of hydrogen-bond donors (Lipinski definition) is 5. The monoisotopic (exact) mass is 573 g/mol. The molecule has 0 radical (unpaired) electrons. The molecule has 0 bridgehead atoms. The van der Waals surface area contributed by atoms with Crippen LogP contribution in [0.15, 0.2) is 53.4 Å². The number of nitriles is 1. The number of fused-ring (bicyclic) bond motifs is 1. The third kappa shape index (κ3) is 6.16. The molecular formula is C27H31N3O7S2. The van der Waals surface area contributed by atoms with E-state index in [1.165, 1.54) is 17.4 Å². The van der Waals surface area contributed by atoms with Gasteiger partial charge in [0.1, 0.15) is 30.4 Å². The molecule has 208 valence electrons. The number of benzene rings is 2. The van der Waals surface area contributed by atoms with Crippen molar-refractivity contribution < 1.29 is 33.6 Å². The summed E-state index contributed by atoms with van der Waals surface area (Å²) in [5.41, 5.74) is 2.10. The Morgan fingerprint density at radius 2 is 1.77 bits per heavy atom. The van der Waals surface area contributed by atoms with Crippen molar-refractivity contribution in [3.05, 3.63) is 58.3 Å². The van der Waals surface area contributed by atoms with E-state index in [0.717, 1.165) is 40.0 Å². The van der Waals surface area contributed by atoms with E-state index in [1.54, 1.807) is 12.1 Å². The second kappa shape index (κ2) is 12.1. The van der Waals surface area contributed by atoms with Gasteiger partial charge in [-0.3, -0.25) is 0 Å². The van der Waals surface area contributed by atoms with E-state index < -0.39 is 52.2 Å². The molecule has 1 aliphatic rings. The highest BCUT2D eigenvalue weighted by Gasteiger charge is 2.45. The number of anilines is 1. The predicted molar refractivity (Wildman–Crippen MR) is 150 cm³/mol. The zero-order valence-electron chi connectivity index (χ0n) is 21.4. The largest absolute Gasteiger partial charge is 0.394 e. The lowest BCUT2D eigenvalue weighted by molar-refractivity contribution is -0.251. The van der Waals surface area contributed by atoms with Crippen LogP contribution >= 0.6 is 11.3 Å². The van der Waals surface area contributed by atoms with Crippen LogP contribution in [0.1, 0.15) is 18.7 Å². The van der Waals surface area contributed by atoms with Crippen molar-refractivity contribution in [3.63, 3.8) is 0 Å². The quantitative estimate of drug-likeness (QED) is 0.241. The van der Waals surface area contributed by atoms with Crippen molar-refractivity contribution >= 4 is 43.9 Å². The fraction of sp³-hybridized carbons (Fsp3) is 0.370. The number of ether oxygens (including phenoxy) is 1. The van der Waals surface area contributed by atoms with E-state index in [-0.39, 0.29) is 0 Å². The van der Waals surface area contributed by atoms with Gasteiger partial charge < -0.3 is 30.1 Å². The zero-order valence-corrected chi connectivity index (χ0v) is 23.1. The minimum absolute atomic E-state index is 0.505. The SMILES string of the molecule is CCN(CC)c1ccc2cc(-c3ccc(/C=C(\C#N)S(=O)(=O)N[C@H]4C(O)O[C@H](CO)[C@@H](O)[C@@H]4O)s3)ccc2c1. The van der Waals surface area contributed by atoms with Crippen LogP contribution in [-0.2, 0) is 14.8 Å². The van der Waals surface area contributed by atoms with Crippen molar-refractivity contribution in [2.75, 3.05) is 24.6 Å². The molecule has 3 aromatic rings. The highest BCUT2D eigenvalue weighted by molar-refractivity contribution is 7.93. The van der Waals surface area contributed by atoms with Crippen LogP contribution in [0.25, 0.3) is 27.3 Å². The minimum Gasteiger partial charge on any atom is -0.394 e. The Labute approximate surface area is 231 Å². The molecule has 5 N–H and O–H groups in total. The summed E-state index contributed by atoms with van der Waals surface area (Å²) < 4.78 is 32.9. The summed E-state index contributed by atoms with van der Waals surface area (Å²) in [4.78, 5) is 3.02. The number of aliphatic hydroxyl groups is 4. The fourth-order valence-corrected chi connectivity index (χ4v) is 6.69. The van der Waals surface area contributed by atoms with Crippen LogP contribution in [0.4, 0.5) is 5.69 Å². The lowest BCUT2D eigenvalue weighted by Gasteiger charge is -2.40. The number of sulfonamides is 1. The molecule has 12 heteroatoms. The maximum absolute atomic E-state index is 12.9. The van der Waals surface area contributed by atoms with Crippen LogP contribution in [0, 0.1) is 11.3 Å². The van der Waals surface area contributed by atoms with Crippen molar-refractivity contribution in [2.24, 2.45) is 0 Å². The number of nitrogens with zero attached hydrogens (tertiary/aromatic N) is 2. The Hall–Kier alpha value is -2.86. The van der Waals surface area contributed by atoms with E-state index in [9.17, 15) is 34.1 Å². The van der Waals surface area contributed by atoms with E-state index in [1.807, 2.05) is 22.9 Å². The number of nitrogens with one attached hydrogen (secondary N) is 1. The lowest BCUT2D eigenvalue weighted by Crippen LogP contribution is -2.64. The van der Waals surface area contributed by atoms with E-state index in [0.29, 0.717) is 4.88 Å². The maximum Gasteiger partial charge on any atom is 0.251 e. The van der Waals surface area contributed by atoms with E-state index in [2.05, 4.69) is 43.0 Å². The van der Waals surface area contributed by atoms with Gasteiger partial charge in [-0.1, -0.05) is 18.2 Å². The number of thiophene rings is 1. The van der Waals surface area contributed by atoms with Gasteiger partial charge in [0.05, 0.1) is 6.61 Å². The Balaban J connectivity index is 1.55. The molecule has 10 nitrogen and oxygen atoms in total. The van der Waals surface area contributed by atoms with Crippen LogP contribution in [0.5, 0.6) is 0 Å². The minimum atomic E-state index is -4.50. The average Bonchev–Trinajstić information content (AvgIpc) is 3.40.